The van der Waals surface area contributed by atoms with E-state index in [0.717, 1.165) is 25.9 Å². The monoisotopic (exact) mass is 211 g/mol. The van der Waals surface area contributed by atoms with E-state index in [4.69, 9.17) is 4.74 Å². The second-order valence-corrected chi connectivity index (χ2v) is 3.56. The molecule has 0 bridgehead atoms. The van der Waals surface area contributed by atoms with Gasteiger partial charge in [-0.15, -0.1) is 0 Å². The molecule has 0 radical (unpaired) electrons. The zero-order valence-corrected chi connectivity index (χ0v) is 8.07. The summed E-state index contributed by atoms with van der Waals surface area (Å²) in [4.78, 5) is 0. The minimum Gasteiger partial charge on any atom is -0.377 e. The van der Waals surface area contributed by atoms with Crippen LogP contribution in [0.3, 0.4) is 0 Å². The van der Waals surface area contributed by atoms with Crippen molar-refractivity contribution in [1.82, 2.24) is 5.32 Å². The fraction of sp³-hybridized carbons (Fsp3) is 1.00. The summed E-state index contributed by atoms with van der Waals surface area (Å²) in [6, 6.07) is 0. The Bertz CT molecular complexity index is 155. The topological polar surface area (TPSA) is 21.3 Å². The number of hydrogen-bond donors (Lipinski definition) is 1. The van der Waals surface area contributed by atoms with Gasteiger partial charge in [-0.3, -0.25) is 0 Å². The van der Waals surface area contributed by atoms with Crippen molar-refractivity contribution in [2.24, 2.45) is 0 Å². The van der Waals surface area contributed by atoms with Crippen molar-refractivity contribution in [1.29, 1.82) is 0 Å². The first-order valence-electron chi connectivity index (χ1n) is 4.97. The van der Waals surface area contributed by atoms with E-state index in [1.165, 1.54) is 0 Å². The molecule has 84 valence electrons. The zero-order valence-electron chi connectivity index (χ0n) is 8.07. The van der Waals surface area contributed by atoms with E-state index in [-0.39, 0.29) is 12.6 Å². The van der Waals surface area contributed by atoms with E-state index in [0.29, 0.717) is 6.54 Å². The maximum atomic E-state index is 11.7. The van der Waals surface area contributed by atoms with Crippen molar-refractivity contribution < 1.29 is 17.9 Å². The summed E-state index contributed by atoms with van der Waals surface area (Å²) in [6.07, 6.45) is -1.57. The number of halogens is 3. The van der Waals surface area contributed by atoms with Crippen molar-refractivity contribution >= 4 is 0 Å². The van der Waals surface area contributed by atoms with Crippen molar-refractivity contribution in [3.8, 4) is 0 Å². The molecule has 1 atom stereocenters. The molecule has 14 heavy (non-hydrogen) atoms. The van der Waals surface area contributed by atoms with Crippen LogP contribution >= 0.6 is 0 Å². The van der Waals surface area contributed by atoms with Gasteiger partial charge in [0.05, 0.1) is 12.5 Å². The third-order valence-corrected chi connectivity index (χ3v) is 2.23. The highest BCUT2D eigenvalue weighted by atomic mass is 19.4. The second kappa shape index (κ2) is 5.56. The Morgan fingerprint density at radius 3 is 2.64 bits per heavy atom. The summed E-state index contributed by atoms with van der Waals surface area (Å²) in [5.74, 6) is 0. The molecule has 0 aliphatic carbocycles. The molecule has 1 aliphatic rings. The Morgan fingerprint density at radius 1 is 1.29 bits per heavy atom. The Balaban J connectivity index is 1.97. The van der Waals surface area contributed by atoms with E-state index in [9.17, 15) is 13.2 Å². The smallest absolute Gasteiger partial charge is 0.377 e. The average molecular weight is 211 g/mol. The van der Waals surface area contributed by atoms with E-state index < -0.39 is 12.6 Å². The summed E-state index contributed by atoms with van der Waals surface area (Å²) in [5, 5.41) is 2.77. The Labute approximate surface area is 81.8 Å². The molecule has 1 rings (SSSR count). The van der Waals surface area contributed by atoms with Crippen molar-refractivity contribution in [3.63, 3.8) is 0 Å². The molecular formula is C9H16F3NO. The molecule has 0 aromatic carbocycles. The summed E-state index contributed by atoms with van der Waals surface area (Å²) in [6.45, 7) is 1.27. The zero-order chi connectivity index (χ0) is 10.4. The van der Waals surface area contributed by atoms with Crippen LogP contribution < -0.4 is 5.32 Å². The molecule has 0 aromatic heterocycles. The lowest BCUT2D eigenvalue weighted by Crippen LogP contribution is -2.33. The molecule has 1 heterocycles. The van der Waals surface area contributed by atoms with Crippen LogP contribution in [0.5, 0.6) is 0 Å². The van der Waals surface area contributed by atoms with Crippen LogP contribution in [0.2, 0.25) is 0 Å². The van der Waals surface area contributed by atoms with Gasteiger partial charge in [-0.05, 0) is 19.3 Å². The standard InChI is InChI=1S/C9H16F3NO/c10-9(11,12)4-5-13-7-8-3-1-2-6-14-8/h8,13H,1-7H2. The quantitative estimate of drug-likeness (QED) is 0.719. The summed E-state index contributed by atoms with van der Waals surface area (Å²) < 4.78 is 40.6. The second-order valence-electron chi connectivity index (χ2n) is 3.56. The van der Waals surface area contributed by atoms with Gasteiger partial charge in [0, 0.05) is 19.7 Å². The van der Waals surface area contributed by atoms with Gasteiger partial charge in [-0.25, -0.2) is 0 Å². The van der Waals surface area contributed by atoms with Crippen LogP contribution in [0.4, 0.5) is 13.2 Å². The molecule has 1 saturated heterocycles. The van der Waals surface area contributed by atoms with Gasteiger partial charge in [-0.2, -0.15) is 13.2 Å². The van der Waals surface area contributed by atoms with Crippen LogP contribution in [0.15, 0.2) is 0 Å². The van der Waals surface area contributed by atoms with E-state index in [1.54, 1.807) is 0 Å². The van der Waals surface area contributed by atoms with Crippen LogP contribution in [0.25, 0.3) is 0 Å². The highest BCUT2D eigenvalue weighted by molar-refractivity contribution is 4.66. The van der Waals surface area contributed by atoms with Crippen molar-refractivity contribution in [2.75, 3.05) is 19.7 Å². The van der Waals surface area contributed by atoms with E-state index in [1.807, 2.05) is 0 Å². The predicted molar refractivity (Wildman–Crippen MR) is 47.1 cm³/mol. The average Bonchev–Trinajstić information content (AvgIpc) is 2.13. The van der Waals surface area contributed by atoms with Gasteiger partial charge in [0.2, 0.25) is 0 Å². The van der Waals surface area contributed by atoms with Gasteiger partial charge in [0.1, 0.15) is 0 Å². The summed E-state index contributed by atoms with van der Waals surface area (Å²) in [5.41, 5.74) is 0. The van der Waals surface area contributed by atoms with Crippen LogP contribution in [-0.4, -0.2) is 32.0 Å². The lowest BCUT2D eigenvalue weighted by Gasteiger charge is -2.22. The Morgan fingerprint density at radius 2 is 2.07 bits per heavy atom. The SMILES string of the molecule is FC(F)(F)CCNCC1CCCCO1. The lowest BCUT2D eigenvalue weighted by atomic mass is 10.1. The van der Waals surface area contributed by atoms with E-state index >= 15 is 0 Å². The molecule has 1 unspecified atom stereocenters. The number of nitrogens with one attached hydrogen (secondary N) is 1. The molecule has 1 aliphatic heterocycles. The predicted octanol–water partition coefficient (Wildman–Crippen LogP) is 2.10. The third-order valence-electron chi connectivity index (χ3n) is 2.23. The molecule has 1 fully saturated rings. The van der Waals surface area contributed by atoms with Crippen molar-refractivity contribution in [2.45, 2.75) is 38.0 Å². The summed E-state index contributed by atoms with van der Waals surface area (Å²) >= 11 is 0. The van der Waals surface area contributed by atoms with Crippen LogP contribution in [-0.2, 0) is 4.74 Å². The number of ether oxygens (including phenoxy) is 1. The molecule has 0 saturated carbocycles. The van der Waals surface area contributed by atoms with Gasteiger partial charge in [0.15, 0.2) is 0 Å². The number of rotatable bonds is 4. The normalized spacial score (nSPS) is 23.8. The Hall–Kier alpha value is -0.290. The minimum atomic E-state index is -4.06. The Kier molecular flexibility index (Phi) is 4.68. The van der Waals surface area contributed by atoms with Gasteiger partial charge in [0.25, 0.3) is 0 Å². The molecule has 0 aromatic rings. The highest BCUT2D eigenvalue weighted by Gasteiger charge is 2.26. The molecule has 5 heteroatoms. The van der Waals surface area contributed by atoms with Gasteiger partial charge >= 0.3 is 6.18 Å². The maximum absolute atomic E-state index is 11.7. The van der Waals surface area contributed by atoms with E-state index in [2.05, 4.69) is 5.32 Å². The molecule has 1 N–H and O–H groups in total. The molecular weight excluding hydrogens is 195 g/mol. The third kappa shape index (κ3) is 5.44. The highest BCUT2D eigenvalue weighted by Crippen LogP contribution is 2.18. The molecule has 2 nitrogen and oxygen atoms in total. The summed E-state index contributed by atoms with van der Waals surface area (Å²) in [7, 11) is 0. The fourth-order valence-corrected chi connectivity index (χ4v) is 1.46. The lowest BCUT2D eigenvalue weighted by molar-refractivity contribution is -0.133. The van der Waals surface area contributed by atoms with Gasteiger partial charge < -0.3 is 10.1 Å². The first-order valence-corrected chi connectivity index (χ1v) is 4.97. The molecule has 0 spiro atoms. The first-order chi connectivity index (χ1) is 6.58. The van der Waals surface area contributed by atoms with Crippen molar-refractivity contribution in [3.05, 3.63) is 0 Å². The fourth-order valence-electron chi connectivity index (χ4n) is 1.46. The number of hydrogen-bond acceptors (Lipinski definition) is 2. The maximum Gasteiger partial charge on any atom is 0.390 e. The first kappa shape index (κ1) is 11.8. The van der Waals surface area contributed by atoms with Crippen LogP contribution in [0.1, 0.15) is 25.7 Å². The van der Waals surface area contributed by atoms with Crippen LogP contribution in [0, 0.1) is 0 Å². The molecule has 0 amide bonds. The van der Waals surface area contributed by atoms with Gasteiger partial charge in [-0.1, -0.05) is 0 Å². The number of alkyl halides is 3. The largest absolute Gasteiger partial charge is 0.390 e. The minimum absolute atomic E-state index is 0.0106.